The van der Waals surface area contributed by atoms with Crippen LogP contribution in [0.1, 0.15) is 5.69 Å². The van der Waals surface area contributed by atoms with Crippen LogP contribution < -0.4 is 4.72 Å². The van der Waals surface area contributed by atoms with E-state index in [-0.39, 0.29) is 9.92 Å². The zero-order valence-electron chi connectivity index (χ0n) is 14.0. The molecule has 0 aliphatic heterocycles. The molecule has 4 rings (SSSR count). The molecule has 0 aliphatic rings. The van der Waals surface area contributed by atoms with Crippen molar-refractivity contribution in [2.45, 2.75) is 11.8 Å². The van der Waals surface area contributed by atoms with Crippen LogP contribution in [0.5, 0.6) is 0 Å². The minimum absolute atomic E-state index is 0.0693. The molecule has 5 nitrogen and oxygen atoms in total. The highest BCUT2D eigenvalue weighted by Gasteiger charge is 2.19. The first-order chi connectivity index (χ1) is 12.8. The van der Waals surface area contributed by atoms with Crippen LogP contribution in [-0.4, -0.2) is 17.8 Å². The molecule has 0 amide bonds. The van der Waals surface area contributed by atoms with Crippen molar-refractivity contribution in [2.75, 3.05) is 4.72 Å². The van der Waals surface area contributed by atoms with Gasteiger partial charge >= 0.3 is 0 Å². The number of hydrogen-bond donors (Lipinski definition) is 1. The van der Waals surface area contributed by atoms with Crippen molar-refractivity contribution in [3.8, 4) is 11.3 Å². The largest absolute Gasteiger partial charge is 0.294 e. The number of nitrogens with one attached hydrogen (secondary N) is 1. The Kier molecular flexibility index (Phi) is 4.63. The fourth-order valence-corrected chi connectivity index (χ4v) is 5.33. The first-order valence-corrected chi connectivity index (χ1v) is 11.0. The van der Waals surface area contributed by atoms with Gasteiger partial charge in [0.1, 0.15) is 4.90 Å². The molecule has 0 aliphatic carbocycles. The zero-order chi connectivity index (χ0) is 19.2. The Morgan fingerprint density at radius 2 is 1.96 bits per heavy atom. The lowest BCUT2D eigenvalue weighted by Crippen LogP contribution is -2.13. The average Bonchev–Trinajstić information content (AvgIpc) is 3.19. The molecular weight excluding hydrogens is 425 g/mol. The first-order valence-electron chi connectivity index (χ1n) is 7.85. The SMILES string of the molecule is Cc1csc2nc(-c3cccc(NS(=O)(=O)c4cc(Cl)ccc4Cl)c3)cn12. The van der Waals surface area contributed by atoms with Crippen LogP contribution in [0, 0.1) is 6.92 Å². The predicted molar refractivity (Wildman–Crippen MR) is 111 cm³/mol. The molecule has 0 saturated carbocycles. The van der Waals surface area contributed by atoms with Crippen LogP contribution in [0.25, 0.3) is 16.2 Å². The number of thiazole rings is 1. The average molecular weight is 438 g/mol. The van der Waals surface area contributed by atoms with Crippen molar-refractivity contribution in [1.82, 2.24) is 9.38 Å². The second kappa shape index (κ2) is 6.83. The molecule has 0 atom stereocenters. The maximum atomic E-state index is 12.7. The Morgan fingerprint density at radius 3 is 2.74 bits per heavy atom. The number of nitrogens with zero attached hydrogens (tertiary/aromatic N) is 2. The Labute approximate surface area is 170 Å². The van der Waals surface area contributed by atoms with Crippen LogP contribution in [-0.2, 0) is 10.0 Å². The maximum Gasteiger partial charge on any atom is 0.263 e. The number of aryl methyl sites for hydroxylation is 1. The quantitative estimate of drug-likeness (QED) is 0.459. The molecule has 2 aromatic carbocycles. The van der Waals surface area contributed by atoms with E-state index in [1.54, 1.807) is 29.5 Å². The van der Waals surface area contributed by atoms with E-state index < -0.39 is 10.0 Å². The van der Waals surface area contributed by atoms with Gasteiger partial charge in [0.05, 0.1) is 10.7 Å². The Bertz CT molecular complexity index is 1260. The molecule has 0 unspecified atom stereocenters. The monoisotopic (exact) mass is 437 g/mol. The predicted octanol–water partition coefficient (Wildman–Crippen LogP) is 5.48. The van der Waals surface area contributed by atoms with Crippen molar-refractivity contribution in [1.29, 1.82) is 0 Å². The number of anilines is 1. The number of sulfonamides is 1. The van der Waals surface area contributed by atoms with Gasteiger partial charge in [-0.15, -0.1) is 11.3 Å². The summed E-state index contributed by atoms with van der Waals surface area (Å²) in [6.07, 6.45) is 1.93. The second-order valence-corrected chi connectivity index (χ2v) is 9.25. The van der Waals surface area contributed by atoms with Crippen LogP contribution in [0.2, 0.25) is 10.0 Å². The smallest absolute Gasteiger partial charge is 0.263 e. The highest BCUT2D eigenvalue weighted by Crippen LogP contribution is 2.29. The highest BCUT2D eigenvalue weighted by molar-refractivity contribution is 7.92. The van der Waals surface area contributed by atoms with Gasteiger partial charge in [0.15, 0.2) is 4.96 Å². The van der Waals surface area contributed by atoms with Crippen molar-refractivity contribution >= 4 is 55.2 Å². The summed E-state index contributed by atoms with van der Waals surface area (Å²) in [5, 5.41) is 2.43. The highest BCUT2D eigenvalue weighted by atomic mass is 35.5. The zero-order valence-corrected chi connectivity index (χ0v) is 17.1. The van der Waals surface area contributed by atoms with E-state index in [0.717, 1.165) is 21.9 Å². The standard InChI is InChI=1S/C18H13Cl2N3O2S2/c1-11-10-26-18-21-16(9-23(11)18)12-3-2-4-14(7-12)22-27(24,25)17-8-13(19)5-6-15(17)20/h2-10,22H,1H3. The lowest BCUT2D eigenvalue weighted by molar-refractivity contribution is 0.601. The molecule has 27 heavy (non-hydrogen) atoms. The summed E-state index contributed by atoms with van der Waals surface area (Å²) < 4.78 is 29.9. The molecule has 138 valence electrons. The van der Waals surface area contributed by atoms with E-state index in [2.05, 4.69) is 9.71 Å². The number of benzene rings is 2. The number of rotatable bonds is 4. The normalized spacial score (nSPS) is 11.8. The minimum Gasteiger partial charge on any atom is -0.294 e. The van der Waals surface area contributed by atoms with E-state index in [4.69, 9.17) is 23.2 Å². The fraction of sp³-hybridized carbons (Fsp3) is 0.0556. The summed E-state index contributed by atoms with van der Waals surface area (Å²) >= 11 is 13.5. The van der Waals surface area contributed by atoms with Gasteiger partial charge in [-0.25, -0.2) is 13.4 Å². The molecule has 2 heterocycles. The third-order valence-electron chi connectivity index (χ3n) is 3.98. The van der Waals surface area contributed by atoms with Crippen molar-refractivity contribution in [2.24, 2.45) is 0 Å². The van der Waals surface area contributed by atoms with Gasteiger partial charge in [0.2, 0.25) is 0 Å². The van der Waals surface area contributed by atoms with Crippen LogP contribution in [0.4, 0.5) is 5.69 Å². The molecule has 0 bridgehead atoms. The summed E-state index contributed by atoms with van der Waals surface area (Å²) in [7, 11) is -3.88. The van der Waals surface area contributed by atoms with Crippen molar-refractivity contribution in [3.63, 3.8) is 0 Å². The summed E-state index contributed by atoms with van der Waals surface area (Å²) in [4.78, 5) is 5.41. The number of imidazole rings is 1. The first kappa shape index (κ1) is 18.3. The van der Waals surface area contributed by atoms with Gasteiger partial charge < -0.3 is 0 Å². The van der Waals surface area contributed by atoms with Crippen molar-refractivity contribution < 1.29 is 8.42 Å². The lowest BCUT2D eigenvalue weighted by atomic mass is 10.1. The van der Waals surface area contributed by atoms with Gasteiger partial charge in [-0.2, -0.15) is 0 Å². The lowest BCUT2D eigenvalue weighted by Gasteiger charge is -2.10. The van der Waals surface area contributed by atoms with Gasteiger partial charge in [0.25, 0.3) is 10.0 Å². The van der Waals surface area contributed by atoms with E-state index in [1.165, 1.54) is 18.2 Å². The molecular formula is C18H13Cl2N3O2S2. The molecule has 0 fully saturated rings. The van der Waals surface area contributed by atoms with Gasteiger partial charge in [-0.3, -0.25) is 9.12 Å². The van der Waals surface area contributed by atoms with Gasteiger partial charge in [-0.1, -0.05) is 35.3 Å². The molecule has 4 aromatic rings. The third-order valence-corrected chi connectivity index (χ3v) is 7.04. The molecule has 0 radical (unpaired) electrons. The fourth-order valence-electron chi connectivity index (χ4n) is 2.67. The topological polar surface area (TPSA) is 63.5 Å². The van der Waals surface area contributed by atoms with E-state index in [1.807, 2.05) is 29.0 Å². The Hall–Kier alpha value is -2.06. The van der Waals surface area contributed by atoms with Crippen molar-refractivity contribution in [3.05, 3.63) is 69.8 Å². The molecule has 0 saturated heterocycles. The Morgan fingerprint density at radius 1 is 1.15 bits per heavy atom. The van der Waals surface area contributed by atoms with Gasteiger partial charge in [-0.05, 0) is 37.3 Å². The van der Waals surface area contributed by atoms with Gasteiger partial charge in [0, 0.05) is 33.5 Å². The molecule has 2 aromatic heterocycles. The summed E-state index contributed by atoms with van der Waals surface area (Å²) in [6, 6.07) is 11.4. The van der Waals surface area contributed by atoms with Crippen LogP contribution in [0.3, 0.4) is 0 Å². The number of hydrogen-bond acceptors (Lipinski definition) is 4. The van der Waals surface area contributed by atoms with E-state index in [0.29, 0.717) is 10.7 Å². The van der Waals surface area contributed by atoms with E-state index >= 15 is 0 Å². The number of halogens is 2. The Balaban J connectivity index is 1.69. The maximum absolute atomic E-state index is 12.7. The molecule has 0 spiro atoms. The summed E-state index contributed by atoms with van der Waals surface area (Å²) in [5.74, 6) is 0. The van der Waals surface area contributed by atoms with E-state index in [9.17, 15) is 8.42 Å². The van der Waals surface area contributed by atoms with Crippen LogP contribution >= 0.6 is 34.5 Å². The van der Waals surface area contributed by atoms with Crippen LogP contribution in [0.15, 0.2) is 58.9 Å². The molecule has 9 heteroatoms. The summed E-state index contributed by atoms with van der Waals surface area (Å²) in [5.41, 5.74) is 3.09. The third kappa shape index (κ3) is 3.55. The second-order valence-electron chi connectivity index (χ2n) is 5.92. The number of fused-ring (bicyclic) bond motifs is 1. The summed E-state index contributed by atoms with van der Waals surface area (Å²) in [6.45, 7) is 2.01. The molecule has 1 N–H and O–H groups in total. The minimum atomic E-state index is -3.88. The number of aromatic nitrogens is 2.